The smallest absolute Gasteiger partial charge is 0.462 e. The molecule has 63 heavy (non-hydrogen) atoms. The third-order valence-electron chi connectivity index (χ3n) is 10.5. The van der Waals surface area contributed by atoms with Crippen LogP contribution < -0.4 is 0 Å². The minimum Gasteiger partial charge on any atom is -0.462 e. The second kappa shape index (κ2) is 38.5. The Balaban J connectivity index is 2.49. The van der Waals surface area contributed by atoms with Crippen molar-refractivity contribution < 1.29 is 63.1 Å². The van der Waals surface area contributed by atoms with Crippen LogP contribution in [0.25, 0.3) is 0 Å². The number of phosphoric ester groups is 1. The van der Waals surface area contributed by atoms with Crippen molar-refractivity contribution in [3.05, 3.63) is 72.9 Å². The molecule has 1 aliphatic rings. The number of esters is 2. The molecule has 1 fully saturated rings. The topological polar surface area (TPSA) is 210 Å². The Morgan fingerprint density at radius 1 is 0.492 bits per heavy atom. The number of aliphatic hydroxyl groups excluding tert-OH is 5. The fourth-order valence-corrected chi connectivity index (χ4v) is 7.62. The molecule has 6 N–H and O–H groups in total. The van der Waals surface area contributed by atoms with Gasteiger partial charge in [-0.2, -0.15) is 0 Å². The highest BCUT2D eigenvalue weighted by Gasteiger charge is 2.51. The van der Waals surface area contributed by atoms with Crippen LogP contribution in [0.2, 0.25) is 0 Å². The van der Waals surface area contributed by atoms with Gasteiger partial charge in [-0.1, -0.05) is 138 Å². The third-order valence-corrected chi connectivity index (χ3v) is 11.5. The van der Waals surface area contributed by atoms with Gasteiger partial charge in [-0.05, 0) is 89.9 Å². The average molecular weight is 911 g/mol. The zero-order valence-corrected chi connectivity index (χ0v) is 39.2. The number of allylic oxidation sites excluding steroid dienone is 12. The molecule has 0 aromatic rings. The van der Waals surface area contributed by atoms with Crippen molar-refractivity contribution in [3.8, 4) is 0 Å². The van der Waals surface area contributed by atoms with Crippen LogP contribution in [0.5, 0.6) is 0 Å². The first-order valence-corrected chi connectivity index (χ1v) is 25.2. The number of carbonyl (C=O) groups excluding carboxylic acids is 2. The van der Waals surface area contributed by atoms with Gasteiger partial charge in [0.15, 0.2) is 6.10 Å². The summed E-state index contributed by atoms with van der Waals surface area (Å²) in [7, 11) is -5.14. The highest BCUT2D eigenvalue weighted by Crippen LogP contribution is 2.47. The Morgan fingerprint density at radius 2 is 0.857 bits per heavy atom. The fourth-order valence-electron chi connectivity index (χ4n) is 6.65. The normalized spacial score (nSPS) is 22.3. The molecule has 14 heteroatoms. The van der Waals surface area contributed by atoms with Crippen molar-refractivity contribution in [2.45, 2.75) is 211 Å². The Kier molecular flexibility index (Phi) is 35.7. The molecule has 0 heterocycles. The van der Waals surface area contributed by atoms with Gasteiger partial charge in [-0.25, -0.2) is 4.57 Å². The van der Waals surface area contributed by atoms with Crippen LogP contribution >= 0.6 is 7.82 Å². The number of phosphoric acid groups is 1. The van der Waals surface area contributed by atoms with Gasteiger partial charge >= 0.3 is 19.8 Å². The molecule has 0 aromatic carbocycles. The lowest BCUT2D eigenvalue weighted by Crippen LogP contribution is -2.64. The minimum atomic E-state index is -5.14. The molecule has 362 valence electrons. The lowest BCUT2D eigenvalue weighted by molar-refractivity contribution is -0.220. The van der Waals surface area contributed by atoms with Crippen LogP contribution in [0.4, 0.5) is 0 Å². The van der Waals surface area contributed by atoms with Gasteiger partial charge in [0.1, 0.15) is 43.2 Å². The van der Waals surface area contributed by atoms with Crippen molar-refractivity contribution in [1.82, 2.24) is 0 Å². The molecular weight excluding hydrogens is 827 g/mol. The third kappa shape index (κ3) is 31.0. The van der Waals surface area contributed by atoms with Crippen molar-refractivity contribution in [3.63, 3.8) is 0 Å². The molecule has 8 atom stereocenters. The summed E-state index contributed by atoms with van der Waals surface area (Å²) in [6.07, 6.45) is 35.2. The monoisotopic (exact) mass is 911 g/mol. The SMILES string of the molecule is CCCCCC=CCC=CCC=CCCCCCCC(=O)OC[C@H](COP(=O)(O)OC1C(O)C(O)C(O)[C@@H](O)C1O)OC(=O)CCCCCCC=CCC=CCC=CCCCCC. The van der Waals surface area contributed by atoms with Crippen LogP contribution in [0.3, 0.4) is 0 Å². The quantitative estimate of drug-likeness (QED) is 0.0148. The summed E-state index contributed by atoms with van der Waals surface area (Å²) in [6.45, 7) is 3.20. The molecule has 1 aliphatic carbocycles. The maximum absolute atomic E-state index is 12.8. The van der Waals surface area contributed by atoms with E-state index in [0.717, 1.165) is 89.9 Å². The van der Waals surface area contributed by atoms with Crippen LogP contribution in [0, 0.1) is 0 Å². The van der Waals surface area contributed by atoms with Crippen molar-refractivity contribution in [1.29, 1.82) is 0 Å². The average Bonchev–Trinajstić information content (AvgIpc) is 3.26. The molecule has 0 radical (unpaired) electrons. The largest absolute Gasteiger partial charge is 0.472 e. The number of carbonyl (C=O) groups is 2. The van der Waals surface area contributed by atoms with E-state index in [-0.39, 0.29) is 12.8 Å². The molecule has 0 amide bonds. The van der Waals surface area contributed by atoms with E-state index in [4.69, 9.17) is 18.5 Å². The maximum Gasteiger partial charge on any atom is 0.472 e. The summed E-state index contributed by atoms with van der Waals surface area (Å²) in [5.41, 5.74) is 0. The van der Waals surface area contributed by atoms with Gasteiger partial charge in [0.05, 0.1) is 6.61 Å². The summed E-state index contributed by atoms with van der Waals surface area (Å²) in [4.78, 5) is 35.7. The predicted molar refractivity (Wildman–Crippen MR) is 249 cm³/mol. The summed E-state index contributed by atoms with van der Waals surface area (Å²) in [5.74, 6) is -1.16. The standard InChI is InChI=1S/C49H83O13P/c1-3-5-7-9-11-13-15-17-19-21-23-25-27-29-31-33-35-37-42(50)59-39-41(40-60-63(57,58)62-49-47(55)45(53)44(52)46(54)48(49)56)61-43(51)38-36-34-32-30-28-26-24-22-20-18-16-14-12-10-8-6-4-2/h11-14,17-20,23-26,41,44-49,52-56H,3-10,15-16,21-22,27-40H2,1-2H3,(H,57,58)/t41-,44?,45-,46?,47?,48?,49?/m1/s1. The first kappa shape index (κ1) is 58.3. The molecule has 0 aliphatic heterocycles. The first-order valence-electron chi connectivity index (χ1n) is 23.7. The highest BCUT2D eigenvalue weighted by atomic mass is 31.2. The Labute approximate surface area is 378 Å². The zero-order valence-electron chi connectivity index (χ0n) is 38.3. The summed E-state index contributed by atoms with van der Waals surface area (Å²) < 4.78 is 33.5. The van der Waals surface area contributed by atoms with Gasteiger partial charge in [0.2, 0.25) is 0 Å². The lowest BCUT2D eigenvalue weighted by Gasteiger charge is -2.41. The van der Waals surface area contributed by atoms with E-state index in [9.17, 15) is 44.6 Å². The Hall–Kier alpha value is -2.71. The molecule has 0 saturated heterocycles. The van der Waals surface area contributed by atoms with E-state index < -0.39 is 75.7 Å². The van der Waals surface area contributed by atoms with E-state index in [1.54, 1.807) is 0 Å². The summed E-state index contributed by atoms with van der Waals surface area (Å²) in [5, 5.41) is 50.2. The molecule has 0 spiro atoms. The molecule has 13 nitrogen and oxygen atoms in total. The molecule has 6 unspecified atom stereocenters. The molecule has 1 rings (SSSR count). The van der Waals surface area contributed by atoms with E-state index in [2.05, 4.69) is 86.8 Å². The van der Waals surface area contributed by atoms with Crippen LogP contribution in [-0.4, -0.2) is 98.3 Å². The Bertz CT molecular complexity index is 1380. The second-order valence-electron chi connectivity index (χ2n) is 16.3. The van der Waals surface area contributed by atoms with E-state index in [1.165, 1.54) is 38.5 Å². The zero-order chi connectivity index (χ0) is 46.4. The minimum absolute atomic E-state index is 0.0622. The number of unbranched alkanes of at least 4 members (excludes halogenated alkanes) is 14. The van der Waals surface area contributed by atoms with Crippen LogP contribution in [-0.2, 0) is 32.7 Å². The summed E-state index contributed by atoms with van der Waals surface area (Å²) >= 11 is 0. The molecule has 0 bridgehead atoms. The van der Waals surface area contributed by atoms with Crippen molar-refractivity contribution >= 4 is 19.8 Å². The number of hydrogen-bond acceptors (Lipinski definition) is 12. The lowest BCUT2D eigenvalue weighted by atomic mass is 9.85. The second-order valence-corrected chi connectivity index (χ2v) is 17.7. The van der Waals surface area contributed by atoms with Crippen LogP contribution in [0.1, 0.15) is 168 Å². The van der Waals surface area contributed by atoms with E-state index >= 15 is 0 Å². The predicted octanol–water partition coefficient (Wildman–Crippen LogP) is 9.50. The molecule has 1 saturated carbocycles. The molecular formula is C49H83O13P. The number of aliphatic hydroxyl groups is 5. The number of ether oxygens (including phenoxy) is 2. The Morgan fingerprint density at radius 3 is 1.29 bits per heavy atom. The number of hydrogen-bond donors (Lipinski definition) is 6. The van der Waals surface area contributed by atoms with Gasteiger partial charge in [0.25, 0.3) is 0 Å². The summed E-state index contributed by atoms with van der Waals surface area (Å²) in [6, 6.07) is 0. The van der Waals surface area contributed by atoms with E-state index in [0.29, 0.717) is 12.8 Å². The van der Waals surface area contributed by atoms with Gasteiger partial charge in [0, 0.05) is 12.8 Å². The van der Waals surface area contributed by atoms with Gasteiger partial charge in [-0.3, -0.25) is 18.6 Å². The van der Waals surface area contributed by atoms with Gasteiger partial charge < -0.3 is 39.9 Å². The van der Waals surface area contributed by atoms with Crippen molar-refractivity contribution in [2.24, 2.45) is 0 Å². The first-order chi connectivity index (χ1) is 30.4. The molecule has 0 aromatic heterocycles. The number of rotatable bonds is 38. The van der Waals surface area contributed by atoms with E-state index in [1.807, 2.05) is 0 Å². The van der Waals surface area contributed by atoms with Gasteiger partial charge in [-0.15, -0.1) is 0 Å². The van der Waals surface area contributed by atoms with Crippen LogP contribution in [0.15, 0.2) is 72.9 Å². The maximum atomic E-state index is 12.8. The highest BCUT2D eigenvalue weighted by molar-refractivity contribution is 7.47. The fraction of sp³-hybridized carbons (Fsp3) is 0.714. The van der Waals surface area contributed by atoms with Crippen molar-refractivity contribution in [2.75, 3.05) is 13.2 Å².